The second-order valence-electron chi connectivity index (χ2n) is 3.49. The molecule has 0 aliphatic carbocycles. The third-order valence-corrected chi connectivity index (χ3v) is 2.35. The SMILES string of the molecule is Nc1ccc(-n2cccc(C(=O)O)c2=O)cc1. The lowest BCUT2D eigenvalue weighted by Gasteiger charge is -2.06. The van der Waals surface area contributed by atoms with Gasteiger partial charge >= 0.3 is 5.97 Å². The first-order valence-electron chi connectivity index (χ1n) is 4.90. The maximum atomic E-state index is 11.8. The molecule has 17 heavy (non-hydrogen) atoms. The van der Waals surface area contributed by atoms with Crippen molar-refractivity contribution in [2.45, 2.75) is 0 Å². The first-order chi connectivity index (χ1) is 8.09. The molecule has 0 saturated heterocycles. The van der Waals surface area contributed by atoms with E-state index < -0.39 is 11.5 Å². The fourth-order valence-electron chi connectivity index (χ4n) is 1.50. The van der Waals surface area contributed by atoms with Gasteiger partial charge in [-0.25, -0.2) is 4.79 Å². The van der Waals surface area contributed by atoms with Crippen molar-refractivity contribution in [3.8, 4) is 5.69 Å². The van der Waals surface area contributed by atoms with Gasteiger partial charge in [-0.05, 0) is 36.4 Å². The number of aromatic nitrogens is 1. The average molecular weight is 230 g/mol. The molecular weight excluding hydrogens is 220 g/mol. The molecule has 0 amide bonds. The summed E-state index contributed by atoms with van der Waals surface area (Å²) in [5.74, 6) is -1.24. The van der Waals surface area contributed by atoms with Gasteiger partial charge in [0.1, 0.15) is 5.56 Å². The van der Waals surface area contributed by atoms with Crippen molar-refractivity contribution in [1.82, 2.24) is 4.57 Å². The molecule has 2 rings (SSSR count). The molecule has 1 aromatic carbocycles. The summed E-state index contributed by atoms with van der Waals surface area (Å²) in [6.45, 7) is 0. The fraction of sp³-hybridized carbons (Fsp3) is 0. The van der Waals surface area contributed by atoms with Gasteiger partial charge in [-0.3, -0.25) is 9.36 Å². The summed E-state index contributed by atoms with van der Waals surface area (Å²) in [4.78, 5) is 22.7. The smallest absolute Gasteiger partial charge is 0.341 e. The van der Waals surface area contributed by atoms with E-state index in [0.29, 0.717) is 11.4 Å². The maximum absolute atomic E-state index is 11.8. The first-order valence-corrected chi connectivity index (χ1v) is 4.90. The van der Waals surface area contributed by atoms with Crippen molar-refractivity contribution in [2.24, 2.45) is 0 Å². The zero-order valence-electron chi connectivity index (χ0n) is 8.83. The van der Waals surface area contributed by atoms with E-state index in [1.807, 2.05) is 0 Å². The van der Waals surface area contributed by atoms with Crippen LogP contribution in [0.3, 0.4) is 0 Å². The van der Waals surface area contributed by atoms with Crippen molar-refractivity contribution in [2.75, 3.05) is 5.73 Å². The van der Waals surface area contributed by atoms with Crippen LogP contribution in [0.2, 0.25) is 0 Å². The second kappa shape index (κ2) is 4.13. The second-order valence-corrected chi connectivity index (χ2v) is 3.49. The fourth-order valence-corrected chi connectivity index (χ4v) is 1.50. The van der Waals surface area contributed by atoms with Gasteiger partial charge in [0.15, 0.2) is 0 Å². The lowest BCUT2D eigenvalue weighted by Crippen LogP contribution is -2.24. The molecule has 5 heteroatoms. The van der Waals surface area contributed by atoms with Crippen molar-refractivity contribution >= 4 is 11.7 Å². The highest BCUT2D eigenvalue weighted by Gasteiger charge is 2.10. The summed E-state index contributed by atoms with van der Waals surface area (Å²) in [6, 6.07) is 9.40. The van der Waals surface area contributed by atoms with Gasteiger partial charge in [0, 0.05) is 17.6 Å². The van der Waals surface area contributed by atoms with E-state index in [4.69, 9.17) is 10.8 Å². The molecule has 0 saturated carbocycles. The minimum Gasteiger partial charge on any atom is -0.477 e. The van der Waals surface area contributed by atoms with Crippen LogP contribution in [0.25, 0.3) is 5.69 Å². The molecule has 0 aliphatic heterocycles. The molecule has 86 valence electrons. The predicted octanol–water partition coefficient (Wildman–Crippen LogP) is 1.12. The van der Waals surface area contributed by atoms with Gasteiger partial charge in [-0.15, -0.1) is 0 Å². The van der Waals surface area contributed by atoms with Crippen LogP contribution >= 0.6 is 0 Å². The molecule has 0 radical (unpaired) electrons. The lowest BCUT2D eigenvalue weighted by atomic mass is 10.2. The van der Waals surface area contributed by atoms with Crippen LogP contribution in [0, 0.1) is 0 Å². The number of rotatable bonds is 2. The zero-order chi connectivity index (χ0) is 12.4. The molecule has 5 nitrogen and oxygen atoms in total. The number of pyridine rings is 1. The Kier molecular flexibility index (Phi) is 2.66. The monoisotopic (exact) mass is 230 g/mol. The molecule has 1 heterocycles. The molecule has 3 N–H and O–H groups in total. The number of anilines is 1. The van der Waals surface area contributed by atoms with Crippen LogP contribution < -0.4 is 11.3 Å². The minimum atomic E-state index is -1.24. The van der Waals surface area contributed by atoms with Crippen LogP contribution in [0.15, 0.2) is 47.4 Å². The third-order valence-electron chi connectivity index (χ3n) is 2.35. The Bertz CT molecular complexity index is 614. The summed E-state index contributed by atoms with van der Waals surface area (Å²) in [6.07, 6.45) is 1.51. The van der Waals surface area contributed by atoms with Gasteiger partial charge in [-0.1, -0.05) is 0 Å². The Morgan fingerprint density at radius 3 is 2.41 bits per heavy atom. The van der Waals surface area contributed by atoms with Crippen LogP contribution in [0.4, 0.5) is 5.69 Å². The van der Waals surface area contributed by atoms with Gasteiger partial charge in [0.05, 0.1) is 0 Å². The molecule has 0 fully saturated rings. The number of hydrogen-bond acceptors (Lipinski definition) is 3. The number of carbonyl (C=O) groups is 1. The molecule has 2 aromatic rings. The van der Waals surface area contributed by atoms with Crippen LogP contribution in [0.1, 0.15) is 10.4 Å². The third kappa shape index (κ3) is 2.03. The normalized spacial score (nSPS) is 10.1. The summed E-state index contributed by atoms with van der Waals surface area (Å²) in [5, 5.41) is 8.85. The van der Waals surface area contributed by atoms with Crippen molar-refractivity contribution < 1.29 is 9.90 Å². The van der Waals surface area contributed by atoms with Gasteiger partial charge in [0.2, 0.25) is 0 Å². The van der Waals surface area contributed by atoms with Crippen molar-refractivity contribution in [3.63, 3.8) is 0 Å². The summed E-state index contributed by atoms with van der Waals surface area (Å²) in [7, 11) is 0. The molecule has 0 aliphatic rings. The summed E-state index contributed by atoms with van der Waals surface area (Å²) >= 11 is 0. The number of nitrogen functional groups attached to an aromatic ring is 1. The molecule has 0 spiro atoms. The Morgan fingerprint density at radius 2 is 1.82 bits per heavy atom. The Hall–Kier alpha value is -2.56. The van der Waals surface area contributed by atoms with Gasteiger partial charge in [-0.2, -0.15) is 0 Å². The molecule has 0 atom stereocenters. The number of nitrogens with zero attached hydrogens (tertiary/aromatic N) is 1. The first kappa shape index (κ1) is 10.9. The number of carboxylic acids is 1. The number of carboxylic acid groups (broad SMARTS) is 1. The molecular formula is C12H10N2O3. The predicted molar refractivity (Wildman–Crippen MR) is 63.4 cm³/mol. The lowest BCUT2D eigenvalue weighted by molar-refractivity contribution is 0.0694. The molecule has 0 bridgehead atoms. The average Bonchev–Trinajstić information content (AvgIpc) is 2.30. The number of nitrogens with two attached hydrogens (primary N) is 1. The number of hydrogen-bond donors (Lipinski definition) is 2. The van der Waals surface area contributed by atoms with Gasteiger partial charge < -0.3 is 10.8 Å². The number of aromatic carboxylic acids is 1. The van der Waals surface area contributed by atoms with Gasteiger partial charge in [0.25, 0.3) is 5.56 Å². The van der Waals surface area contributed by atoms with E-state index in [1.165, 1.54) is 22.9 Å². The molecule has 0 unspecified atom stereocenters. The van der Waals surface area contributed by atoms with Crippen molar-refractivity contribution in [3.05, 3.63) is 58.5 Å². The van der Waals surface area contributed by atoms with E-state index in [2.05, 4.69) is 0 Å². The highest BCUT2D eigenvalue weighted by molar-refractivity contribution is 5.87. The minimum absolute atomic E-state index is 0.260. The Balaban J connectivity index is 2.61. The number of benzene rings is 1. The standard InChI is InChI=1S/C12H10N2O3/c13-8-3-5-9(6-4-8)14-7-1-2-10(11(14)15)12(16)17/h1-7H,13H2,(H,16,17). The maximum Gasteiger partial charge on any atom is 0.341 e. The van der Waals surface area contributed by atoms with E-state index in [1.54, 1.807) is 24.3 Å². The highest BCUT2D eigenvalue weighted by Crippen LogP contribution is 2.09. The quantitative estimate of drug-likeness (QED) is 0.757. The zero-order valence-corrected chi connectivity index (χ0v) is 8.83. The van der Waals surface area contributed by atoms with E-state index in [9.17, 15) is 9.59 Å². The van der Waals surface area contributed by atoms with Crippen LogP contribution in [-0.4, -0.2) is 15.6 Å². The van der Waals surface area contributed by atoms with E-state index >= 15 is 0 Å². The largest absolute Gasteiger partial charge is 0.477 e. The Labute approximate surface area is 96.7 Å². The summed E-state index contributed by atoms with van der Waals surface area (Å²) < 4.78 is 1.27. The molecule has 1 aromatic heterocycles. The highest BCUT2D eigenvalue weighted by atomic mass is 16.4. The van der Waals surface area contributed by atoms with Crippen LogP contribution in [-0.2, 0) is 0 Å². The Morgan fingerprint density at radius 1 is 1.18 bits per heavy atom. The van der Waals surface area contributed by atoms with E-state index in [0.717, 1.165) is 0 Å². The topological polar surface area (TPSA) is 85.3 Å². The van der Waals surface area contributed by atoms with Crippen LogP contribution in [0.5, 0.6) is 0 Å². The van der Waals surface area contributed by atoms with Crippen molar-refractivity contribution in [1.29, 1.82) is 0 Å². The van der Waals surface area contributed by atoms with E-state index in [-0.39, 0.29) is 5.56 Å². The summed E-state index contributed by atoms with van der Waals surface area (Å²) in [5.41, 5.74) is 5.87.